The van der Waals surface area contributed by atoms with Crippen molar-refractivity contribution >= 4 is 10.1 Å². The van der Waals surface area contributed by atoms with E-state index in [4.69, 9.17) is 0 Å². The molecule has 1 aliphatic heterocycles. The number of benzene rings is 1. The van der Waals surface area contributed by atoms with Gasteiger partial charge < -0.3 is 4.18 Å². The molecule has 1 aliphatic rings. The smallest absolute Gasteiger partial charge is 0.378 e. The summed E-state index contributed by atoms with van der Waals surface area (Å²) in [6.07, 6.45) is -4.86. The van der Waals surface area contributed by atoms with E-state index >= 15 is 0 Å². The summed E-state index contributed by atoms with van der Waals surface area (Å²) in [5, 5.41) is -7.40. The van der Waals surface area contributed by atoms with E-state index in [1.165, 1.54) is 0 Å². The molecule has 1 fully saturated rings. The van der Waals surface area contributed by atoms with Gasteiger partial charge in [-0.25, -0.2) is 0 Å². The molecule has 208 valence electrons. The van der Waals surface area contributed by atoms with Crippen LogP contribution in [0.15, 0.2) is 24.3 Å². The van der Waals surface area contributed by atoms with Crippen molar-refractivity contribution in [1.82, 2.24) is 4.90 Å². The fraction of sp³-hybridized carbons (Fsp3) is 0.667. The highest BCUT2D eigenvalue weighted by Gasteiger charge is 2.93. The Kier molecular flexibility index (Phi) is 7.90. The van der Waals surface area contributed by atoms with E-state index in [-0.39, 0.29) is 6.54 Å². The average molecular weight is 573 g/mol. The van der Waals surface area contributed by atoms with E-state index in [2.05, 4.69) is 4.18 Å². The molecular weight excluding hydrogens is 557 g/mol. The molecule has 0 saturated carbocycles. The van der Waals surface area contributed by atoms with Crippen molar-refractivity contribution in [2.75, 3.05) is 13.1 Å². The van der Waals surface area contributed by atoms with Gasteiger partial charge in [0, 0.05) is 6.54 Å². The maximum Gasteiger partial charge on any atom is 0.460 e. The summed E-state index contributed by atoms with van der Waals surface area (Å²) in [6.45, 7) is 1.68. The number of rotatable bonds is 9. The van der Waals surface area contributed by atoms with Crippen molar-refractivity contribution in [2.24, 2.45) is 0 Å². The molecule has 36 heavy (non-hydrogen) atoms. The molecule has 4 nitrogen and oxygen atoms in total. The van der Waals surface area contributed by atoms with Gasteiger partial charge in [0.1, 0.15) is 5.75 Å². The highest BCUT2D eigenvalue weighted by atomic mass is 32.2. The van der Waals surface area contributed by atoms with Crippen molar-refractivity contribution in [3.8, 4) is 5.75 Å². The topological polar surface area (TPSA) is 46.6 Å². The molecule has 0 bridgehead atoms. The van der Waals surface area contributed by atoms with Crippen LogP contribution in [0.25, 0.3) is 0 Å². The summed E-state index contributed by atoms with van der Waals surface area (Å²) in [5.41, 5.74) is 0.444. The Labute approximate surface area is 195 Å². The molecule has 1 aromatic rings. The fourth-order valence-corrected chi connectivity index (χ4v) is 4.03. The van der Waals surface area contributed by atoms with E-state index in [0.717, 1.165) is 31.4 Å². The van der Waals surface area contributed by atoms with Crippen LogP contribution in [-0.2, 0) is 16.7 Å². The first-order valence-corrected chi connectivity index (χ1v) is 11.1. The first-order valence-electron chi connectivity index (χ1n) is 9.74. The van der Waals surface area contributed by atoms with Crippen LogP contribution in [0.3, 0.4) is 0 Å². The van der Waals surface area contributed by atoms with Crippen LogP contribution in [-0.4, -0.2) is 61.5 Å². The lowest BCUT2D eigenvalue weighted by Crippen LogP contribution is -2.71. The predicted octanol–water partition coefficient (Wildman–Crippen LogP) is 6.08. The molecule has 1 heterocycles. The van der Waals surface area contributed by atoms with E-state index < -0.39 is 51.0 Å². The van der Waals surface area contributed by atoms with Crippen molar-refractivity contribution in [2.45, 2.75) is 60.9 Å². The van der Waals surface area contributed by atoms with Gasteiger partial charge in [0.2, 0.25) is 0 Å². The third-order valence-electron chi connectivity index (χ3n) is 5.20. The zero-order chi connectivity index (χ0) is 28.0. The number of hydrogen-bond donors (Lipinski definition) is 0. The average Bonchev–Trinajstić information content (AvgIpc) is 2.74. The highest BCUT2D eigenvalue weighted by molar-refractivity contribution is 7.88. The largest absolute Gasteiger partial charge is 0.460 e. The second-order valence-electron chi connectivity index (χ2n) is 7.83. The number of piperidine rings is 1. The van der Waals surface area contributed by atoms with Crippen LogP contribution < -0.4 is 4.18 Å². The predicted molar refractivity (Wildman–Crippen MR) is 95.9 cm³/mol. The monoisotopic (exact) mass is 573 g/mol. The maximum atomic E-state index is 14.0. The summed E-state index contributed by atoms with van der Waals surface area (Å²) in [7, 11) is -7.37. The molecule has 18 heteroatoms. The molecule has 0 aliphatic carbocycles. The van der Waals surface area contributed by atoms with Gasteiger partial charge in [-0.15, -0.1) is 0 Å². The number of likely N-dealkylation sites (tertiary alicyclic amines) is 1. The maximum absolute atomic E-state index is 14.0. The summed E-state index contributed by atoms with van der Waals surface area (Å²) < 4.78 is 198. The lowest BCUT2D eigenvalue weighted by molar-refractivity contribution is -0.433. The Bertz CT molecular complexity index is 1020. The van der Waals surface area contributed by atoms with E-state index in [1.54, 1.807) is 0 Å². The van der Waals surface area contributed by atoms with Gasteiger partial charge in [0.05, 0.1) is 0 Å². The zero-order valence-electron chi connectivity index (χ0n) is 17.5. The second kappa shape index (κ2) is 9.40. The third kappa shape index (κ3) is 4.93. The zero-order valence-corrected chi connectivity index (χ0v) is 18.4. The van der Waals surface area contributed by atoms with Gasteiger partial charge in [-0.2, -0.15) is 65.5 Å². The van der Waals surface area contributed by atoms with Crippen molar-refractivity contribution in [1.29, 1.82) is 0 Å². The van der Waals surface area contributed by atoms with Gasteiger partial charge in [-0.3, -0.25) is 4.90 Å². The van der Waals surface area contributed by atoms with Gasteiger partial charge in [-0.1, -0.05) is 18.6 Å². The number of alkyl halides is 13. The van der Waals surface area contributed by atoms with Gasteiger partial charge in [-0.05, 0) is 43.6 Å². The Morgan fingerprint density at radius 1 is 0.667 bits per heavy atom. The van der Waals surface area contributed by atoms with Gasteiger partial charge >= 0.3 is 45.2 Å². The summed E-state index contributed by atoms with van der Waals surface area (Å²) in [6, 6.07) is 3.38. The van der Waals surface area contributed by atoms with Gasteiger partial charge in [0.15, 0.2) is 0 Å². The van der Waals surface area contributed by atoms with Gasteiger partial charge in [0.25, 0.3) is 0 Å². The molecule has 0 unspecified atom stereocenters. The second-order valence-corrected chi connectivity index (χ2v) is 9.42. The van der Waals surface area contributed by atoms with E-state index in [1.807, 2.05) is 4.90 Å². The van der Waals surface area contributed by atoms with Crippen molar-refractivity contribution in [3.63, 3.8) is 0 Å². The molecule has 0 aromatic heterocycles. The van der Waals surface area contributed by atoms with Crippen molar-refractivity contribution < 1.29 is 69.7 Å². The quantitative estimate of drug-likeness (QED) is 0.266. The highest BCUT2D eigenvalue weighted by Crippen LogP contribution is 2.61. The van der Waals surface area contributed by atoms with Crippen LogP contribution in [0, 0.1) is 0 Å². The molecule has 2 rings (SSSR count). The van der Waals surface area contributed by atoms with E-state index in [9.17, 15) is 65.5 Å². The van der Waals surface area contributed by atoms with Crippen LogP contribution >= 0.6 is 0 Å². The minimum absolute atomic E-state index is 0.288. The molecule has 0 radical (unpaired) electrons. The van der Waals surface area contributed by atoms with Crippen molar-refractivity contribution in [3.05, 3.63) is 29.8 Å². The standard InChI is InChI=1S/C18H16F13NO3S/c19-13(20,15(23,24)17(27,28)29)14(21,22)16(25,26)18(30,31)36(33,34)35-12-6-4-11(5-7-12)10-32-8-2-1-3-9-32/h4-7H,1-3,8-10H2. The van der Waals surface area contributed by atoms with Crippen LogP contribution in [0.5, 0.6) is 5.75 Å². The molecule has 0 spiro atoms. The normalized spacial score (nSPS) is 17.8. The first kappa shape index (κ1) is 30.2. The minimum atomic E-state index is -8.24. The molecule has 1 aromatic carbocycles. The molecule has 0 atom stereocenters. The molecule has 0 N–H and O–H groups in total. The number of hydrogen-bond acceptors (Lipinski definition) is 4. The lowest BCUT2D eigenvalue weighted by Gasteiger charge is -2.38. The number of halogens is 13. The fourth-order valence-electron chi connectivity index (χ4n) is 3.12. The summed E-state index contributed by atoms with van der Waals surface area (Å²) >= 11 is 0. The minimum Gasteiger partial charge on any atom is -0.378 e. The SMILES string of the molecule is O=S(=O)(Oc1ccc(CN2CCCCC2)cc1)C(F)(F)C(F)(F)C(F)(F)C(F)(F)C(F)(F)C(F)(F)F. The third-order valence-corrected chi connectivity index (χ3v) is 6.50. The molecular formula is C18H16F13NO3S. The Balaban J connectivity index is 2.32. The molecule has 0 amide bonds. The summed E-state index contributed by atoms with van der Waals surface area (Å²) in [5.74, 6) is -33.6. The van der Waals surface area contributed by atoms with Crippen LogP contribution in [0.4, 0.5) is 57.1 Å². The lowest BCUT2D eigenvalue weighted by atomic mass is 9.98. The van der Waals surface area contributed by atoms with E-state index in [0.29, 0.717) is 30.8 Å². The Hall–Kier alpha value is -1.98. The van der Waals surface area contributed by atoms with Crippen LogP contribution in [0.1, 0.15) is 24.8 Å². The molecule has 1 saturated heterocycles. The van der Waals surface area contributed by atoms with Crippen LogP contribution in [0.2, 0.25) is 0 Å². The Morgan fingerprint density at radius 2 is 1.11 bits per heavy atom. The number of nitrogens with zero attached hydrogens (tertiary/aromatic N) is 1. The Morgan fingerprint density at radius 3 is 1.56 bits per heavy atom. The summed E-state index contributed by atoms with van der Waals surface area (Å²) in [4.78, 5) is 1.95. The first-order chi connectivity index (χ1) is 16.0.